The number of hydrogen-bond donors (Lipinski definition) is 1. The highest BCUT2D eigenvalue weighted by Gasteiger charge is 2.38. The highest BCUT2D eigenvalue weighted by Crippen LogP contribution is 2.25. The van der Waals surface area contributed by atoms with Crippen LogP contribution in [-0.4, -0.2) is 43.4 Å². The lowest BCUT2D eigenvalue weighted by Gasteiger charge is -2.18. The Bertz CT molecular complexity index is 464. The number of aliphatic hydroxyl groups excluding tert-OH is 1. The number of methoxy groups -OCH3 is 1. The Morgan fingerprint density at radius 2 is 2.25 bits per heavy atom. The minimum Gasteiger partial charge on any atom is -0.493 e. The first kappa shape index (κ1) is 14.6. The van der Waals surface area contributed by atoms with E-state index in [1.807, 2.05) is 30.3 Å². The molecule has 1 saturated heterocycles. The summed E-state index contributed by atoms with van der Waals surface area (Å²) in [7, 11) is 1.50. The predicted octanol–water partition coefficient (Wildman–Crippen LogP) is 1.87. The molecule has 0 saturated carbocycles. The van der Waals surface area contributed by atoms with Crippen LogP contribution in [0.2, 0.25) is 0 Å². The van der Waals surface area contributed by atoms with Gasteiger partial charge in [0.1, 0.15) is 11.9 Å². The Morgan fingerprint density at radius 3 is 2.85 bits per heavy atom. The van der Waals surface area contributed by atoms with Gasteiger partial charge < -0.3 is 19.3 Å². The summed E-state index contributed by atoms with van der Waals surface area (Å²) in [4.78, 5) is 2.81. The van der Waals surface area contributed by atoms with E-state index in [0.29, 0.717) is 12.2 Å². The summed E-state index contributed by atoms with van der Waals surface area (Å²) < 4.78 is 16.0. The third-order valence-electron chi connectivity index (χ3n) is 3.19. The maximum Gasteiger partial charge on any atom is 0.181 e. The van der Waals surface area contributed by atoms with E-state index in [2.05, 4.69) is 10.0 Å². The fourth-order valence-corrected chi connectivity index (χ4v) is 2.11. The molecule has 20 heavy (non-hydrogen) atoms. The molecule has 0 aromatic heterocycles. The number of nitrogens with zero attached hydrogens (tertiary/aromatic N) is 3. The highest BCUT2D eigenvalue weighted by molar-refractivity contribution is 5.21. The van der Waals surface area contributed by atoms with Gasteiger partial charge in [-0.3, -0.25) is 0 Å². The molecule has 1 aromatic rings. The minimum atomic E-state index is -1.00. The van der Waals surface area contributed by atoms with Crippen molar-refractivity contribution >= 4 is 0 Å². The highest BCUT2D eigenvalue weighted by atomic mass is 16.6. The van der Waals surface area contributed by atoms with E-state index in [-0.39, 0.29) is 6.61 Å². The van der Waals surface area contributed by atoms with Gasteiger partial charge in [0, 0.05) is 18.4 Å². The zero-order valence-electron chi connectivity index (χ0n) is 11.1. The maximum atomic E-state index is 9.64. The summed E-state index contributed by atoms with van der Waals surface area (Å²) in [6.45, 7) is 0.182. The normalized spacial score (nSPS) is 26.8. The molecular weight excluding hydrogens is 262 g/mol. The molecule has 7 nitrogen and oxygen atoms in total. The zero-order valence-corrected chi connectivity index (χ0v) is 11.1. The van der Waals surface area contributed by atoms with Crippen molar-refractivity contribution in [2.45, 2.75) is 31.0 Å². The topological polar surface area (TPSA) is 96.7 Å². The van der Waals surface area contributed by atoms with E-state index in [4.69, 9.17) is 19.7 Å². The molecule has 7 heteroatoms. The quantitative estimate of drug-likeness (QED) is 0.488. The Kier molecular flexibility index (Phi) is 5.20. The van der Waals surface area contributed by atoms with Gasteiger partial charge in [0.25, 0.3) is 0 Å². The van der Waals surface area contributed by atoms with Crippen LogP contribution < -0.4 is 4.74 Å². The third-order valence-corrected chi connectivity index (χ3v) is 3.19. The first-order valence-electron chi connectivity index (χ1n) is 6.33. The molecule has 4 atom stereocenters. The Morgan fingerprint density at radius 1 is 1.50 bits per heavy atom. The average molecular weight is 279 g/mol. The monoisotopic (exact) mass is 279 g/mol. The number of aliphatic hydroxyl groups is 1. The lowest BCUT2D eigenvalue weighted by Crippen LogP contribution is -2.30. The molecule has 1 N–H and O–H groups in total. The fraction of sp³-hybridized carbons (Fsp3) is 0.538. The van der Waals surface area contributed by atoms with Crippen molar-refractivity contribution in [1.29, 1.82) is 0 Å². The van der Waals surface area contributed by atoms with E-state index in [1.165, 1.54) is 7.11 Å². The fourth-order valence-electron chi connectivity index (χ4n) is 2.11. The molecule has 2 rings (SSSR count). The van der Waals surface area contributed by atoms with Crippen LogP contribution in [0.3, 0.4) is 0 Å². The van der Waals surface area contributed by atoms with Crippen molar-refractivity contribution < 1.29 is 19.3 Å². The van der Waals surface area contributed by atoms with Crippen molar-refractivity contribution in [3.8, 4) is 5.75 Å². The first-order valence-corrected chi connectivity index (χ1v) is 6.33. The molecule has 0 spiro atoms. The van der Waals surface area contributed by atoms with Gasteiger partial charge in [0.2, 0.25) is 0 Å². The zero-order chi connectivity index (χ0) is 14.4. The molecule has 1 fully saturated rings. The standard InChI is InChI=1S/C13H17N3O4/c1-18-12-7-11(20-13(12)17)10(15-16-14)8-19-9-5-3-2-4-6-9/h2-6,10-13,17H,7-8H2,1H3/t10-,11-,12+,13?/m0/s1. The van der Waals surface area contributed by atoms with Gasteiger partial charge in [-0.25, -0.2) is 0 Å². The van der Waals surface area contributed by atoms with Crippen molar-refractivity contribution in [3.05, 3.63) is 40.8 Å². The lowest BCUT2D eigenvalue weighted by molar-refractivity contribution is -0.138. The molecule has 1 heterocycles. The second kappa shape index (κ2) is 7.12. The van der Waals surface area contributed by atoms with Gasteiger partial charge >= 0.3 is 0 Å². The summed E-state index contributed by atoms with van der Waals surface area (Å²) >= 11 is 0. The smallest absolute Gasteiger partial charge is 0.181 e. The van der Waals surface area contributed by atoms with Crippen LogP contribution in [0.5, 0.6) is 5.75 Å². The third kappa shape index (κ3) is 3.61. The van der Waals surface area contributed by atoms with Crippen molar-refractivity contribution in [2.24, 2.45) is 5.11 Å². The van der Waals surface area contributed by atoms with Crippen LogP contribution >= 0.6 is 0 Å². The van der Waals surface area contributed by atoms with Crippen molar-refractivity contribution in [2.75, 3.05) is 13.7 Å². The van der Waals surface area contributed by atoms with Gasteiger partial charge in [0.05, 0.1) is 18.8 Å². The molecule has 1 aliphatic heterocycles. The van der Waals surface area contributed by atoms with Crippen LogP contribution in [0.15, 0.2) is 35.4 Å². The largest absolute Gasteiger partial charge is 0.493 e. The molecule has 108 valence electrons. The van der Waals surface area contributed by atoms with Crippen LogP contribution in [0.25, 0.3) is 10.4 Å². The molecule has 0 radical (unpaired) electrons. The number of azide groups is 1. The first-order chi connectivity index (χ1) is 9.74. The van der Waals surface area contributed by atoms with E-state index in [1.54, 1.807) is 0 Å². The van der Waals surface area contributed by atoms with E-state index in [0.717, 1.165) is 0 Å². The van der Waals surface area contributed by atoms with E-state index < -0.39 is 24.5 Å². The van der Waals surface area contributed by atoms with Crippen LogP contribution in [-0.2, 0) is 9.47 Å². The molecule has 1 unspecified atom stereocenters. The molecular formula is C13H17N3O4. The summed E-state index contributed by atoms with van der Waals surface area (Å²) in [6, 6.07) is 8.71. The van der Waals surface area contributed by atoms with Gasteiger partial charge in [-0.05, 0) is 17.7 Å². The Balaban J connectivity index is 1.96. The molecule has 0 aliphatic carbocycles. The van der Waals surface area contributed by atoms with Crippen molar-refractivity contribution in [3.63, 3.8) is 0 Å². The van der Waals surface area contributed by atoms with Gasteiger partial charge in [-0.1, -0.05) is 23.3 Å². The SMILES string of the molecule is CO[C@@H]1C[C@@H]([C@H](COc2ccccc2)N=[N+]=[N-])OC1O. The predicted molar refractivity (Wildman–Crippen MR) is 71.2 cm³/mol. The van der Waals surface area contributed by atoms with Crippen LogP contribution in [0.1, 0.15) is 6.42 Å². The van der Waals surface area contributed by atoms with Crippen LogP contribution in [0, 0.1) is 0 Å². The van der Waals surface area contributed by atoms with Gasteiger partial charge in [-0.2, -0.15) is 0 Å². The van der Waals surface area contributed by atoms with Crippen molar-refractivity contribution in [1.82, 2.24) is 0 Å². The van der Waals surface area contributed by atoms with Gasteiger partial charge in [-0.15, -0.1) is 0 Å². The van der Waals surface area contributed by atoms with Gasteiger partial charge in [0.15, 0.2) is 6.29 Å². The van der Waals surface area contributed by atoms with E-state index >= 15 is 0 Å². The Hall–Kier alpha value is -1.79. The maximum absolute atomic E-state index is 9.64. The summed E-state index contributed by atoms with van der Waals surface area (Å²) in [5.41, 5.74) is 8.64. The number of hydrogen-bond acceptors (Lipinski definition) is 5. The minimum absolute atomic E-state index is 0.182. The molecule has 1 aliphatic rings. The summed E-state index contributed by atoms with van der Waals surface area (Å²) in [5, 5.41) is 13.3. The summed E-state index contributed by atoms with van der Waals surface area (Å²) in [6.07, 6.45) is -1.37. The molecule has 0 bridgehead atoms. The molecule has 0 amide bonds. The number of benzene rings is 1. The lowest BCUT2D eigenvalue weighted by atomic mass is 10.1. The molecule has 1 aromatic carbocycles. The Labute approximate surface area is 116 Å². The second-order valence-corrected chi connectivity index (χ2v) is 4.47. The van der Waals surface area contributed by atoms with E-state index in [9.17, 15) is 5.11 Å². The number of para-hydroxylation sites is 1. The number of ether oxygens (including phenoxy) is 3. The number of rotatable bonds is 6. The average Bonchev–Trinajstić information content (AvgIpc) is 2.85. The summed E-state index contributed by atoms with van der Waals surface area (Å²) in [5.74, 6) is 0.687. The second-order valence-electron chi connectivity index (χ2n) is 4.47. The van der Waals surface area contributed by atoms with Crippen LogP contribution in [0.4, 0.5) is 0 Å².